The van der Waals surface area contributed by atoms with Gasteiger partial charge in [0.15, 0.2) is 23.2 Å². The number of carbonyl (C=O) groups excluding carboxylic acids is 1. The largest absolute Gasteiger partial charge is 0.464 e. The minimum atomic E-state index is -5.19. The third-order valence-corrected chi connectivity index (χ3v) is 6.14. The molecule has 0 fully saturated rings. The van der Waals surface area contributed by atoms with E-state index in [1.54, 1.807) is 6.92 Å². The molecule has 224 valence electrons. The van der Waals surface area contributed by atoms with Gasteiger partial charge in [0.2, 0.25) is 6.04 Å². The van der Waals surface area contributed by atoms with Crippen molar-refractivity contribution in [2.45, 2.75) is 31.7 Å². The van der Waals surface area contributed by atoms with Crippen LogP contribution in [-0.4, -0.2) is 37.5 Å². The molecule has 1 atom stereocenters. The summed E-state index contributed by atoms with van der Waals surface area (Å²) in [5.41, 5.74) is -4.41. The Bertz CT molecular complexity index is 1760. The molecule has 43 heavy (non-hydrogen) atoms. The summed E-state index contributed by atoms with van der Waals surface area (Å²) in [6.07, 6.45) is -7.46. The van der Waals surface area contributed by atoms with Crippen LogP contribution in [0.2, 0.25) is 0 Å². The van der Waals surface area contributed by atoms with Gasteiger partial charge in [0.05, 0.1) is 35.7 Å². The summed E-state index contributed by atoms with van der Waals surface area (Å²) in [6, 6.07) is 3.81. The molecule has 0 N–H and O–H groups in total. The molecule has 1 aromatic heterocycles. The molecule has 0 saturated heterocycles. The van der Waals surface area contributed by atoms with Crippen LogP contribution in [0.3, 0.4) is 0 Å². The van der Waals surface area contributed by atoms with Crippen molar-refractivity contribution in [2.75, 3.05) is 6.61 Å². The van der Waals surface area contributed by atoms with Crippen molar-refractivity contribution in [1.29, 1.82) is 0 Å². The molecule has 2 aliphatic rings. The highest BCUT2D eigenvalue weighted by atomic mass is 19.4. The van der Waals surface area contributed by atoms with Crippen LogP contribution in [0.5, 0.6) is 0 Å². The lowest BCUT2D eigenvalue weighted by Crippen LogP contribution is -2.25. The first-order valence-electron chi connectivity index (χ1n) is 12.4. The third-order valence-electron chi connectivity index (χ3n) is 6.14. The average Bonchev–Trinajstić information content (AvgIpc) is 3.59. The van der Waals surface area contributed by atoms with Crippen molar-refractivity contribution in [3.8, 4) is 34.0 Å². The highest BCUT2D eigenvalue weighted by Crippen LogP contribution is 2.41. The van der Waals surface area contributed by atoms with Gasteiger partial charge in [-0.15, -0.1) is 0 Å². The summed E-state index contributed by atoms with van der Waals surface area (Å²) in [5.74, 6) is -3.81. The van der Waals surface area contributed by atoms with Crippen molar-refractivity contribution >= 4 is 5.97 Å². The van der Waals surface area contributed by atoms with Gasteiger partial charge in [0, 0.05) is 11.6 Å². The molecule has 5 rings (SSSR count). The summed E-state index contributed by atoms with van der Waals surface area (Å²) in [5, 5.41) is 7.67. The Morgan fingerprint density at radius 1 is 0.953 bits per heavy atom. The van der Waals surface area contributed by atoms with Gasteiger partial charge in [-0.2, -0.15) is 31.4 Å². The summed E-state index contributed by atoms with van der Waals surface area (Å²) < 4.78 is 120. The molecule has 0 bridgehead atoms. The highest BCUT2D eigenvalue weighted by molar-refractivity contribution is 5.78. The van der Waals surface area contributed by atoms with Crippen molar-refractivity contribution in [1.82, 2.24) is 24.9 Å². The minimum absolute atomic E-state index is 0.0462. The third kappa shape index (κ3) is 5.89. The molecule has 2 aromatic carbocycles. The molecule has 0 radical (unpaired) electrons. The van der Waals surface area contributed by atoms with Crippen LogP contribution in [0.15, 0.2) is 59.4 Å². The zero-order valence-electron chi connectivity index (χ0n) is 21.7. The number of nitrogens with zero attached hydrogens (tertiary/aromatic N) is 5. The number of imidazole rings is 1. The summed E-state index contributed by atoms with van der Waals surface area (Å²) in [4.78, 5) is 21.4. The topological polar surface area (TPSA) is 95.9 Å². The molecule has 3 aromatic rings. The van der Waals surface area contributed by atoms with E-state index in [-0.39, 0.29) is 41.2 Å². The highest BCUT2D eigenvalue weighted by Gasteiger charge is 2.39. The van der Waals surface area contributed by atoms with E-state index in [0.29, 0.717) is 18.6 Å². The Kier molecular flexibility index (Phi) is 7.62. The molecular weight excluding hydrogens is 594 g/mol. The first kappa shape index (κ1) is 29.6. The molecule has 1 unspecified atom stereocenters. The lowest BCUT2D eigenvalue weighted by Gasteiger charge is -2.16. The second-order valence-electron chi connectivity index (χ2n) is 9.11. The second-order valence-corrected chi connectivity index (χ2v) is 9.11. The standard InChI is InChI=1S/C27H17F8N5O3/c1-2-8-42-25(41)23(40-12-20-19(11-36-40)37-24(38-20)15-4-3-5-17(28)22(15)29)21-10-18(39-43-21)14-7-6-13(26(30,31)32)9-16(14)27(33,34)35/h3-7,9-12,23H,2,8H2,1H3. The smallest absolute Gasteiger partial charge is 0.417 e. The van der Waals surface area contributed by atoms with Crippen LogP contribution in [0.25, 0.3) is 34.0 Å². The Labute approximate surface area is 236 Å². The first-order valence-corrected chi connectivity index (χ1v) is 12.4. The molecule has 8 nitrogen and oxygen atoms in total. The van der Waals surface area contributed by atoms with Crippen LogP contribution in [0.1, 0.15) is 36.3 Å². The maximum absolute atomic E-state index is 14.3. The molecule has 0 spiro atoms. The van der Waals surface area contributed by atoms with E-state index in [9.17, 15) is 39.9 Å². The van der Waals surface area contributed by atoms with Crippen LogP contribution in [0, 0.1) is 11.6 Å². The van der Waals surface area contributed by atoms with Gasteiger partial charge in [-0.3, -0.25) is 0 Å². The van der Waals surface area contributed by atoms with Gasteiger partial charge in [-0.25, -0.2) is 28.2 Å². The number of hydrogen-bond donors (Lipinski definition) is 0. The number of fused-ring (bicyclic) bond motifs is 1. The Balaban J connectivity index is 1.58. The molecule has 0 amide bonds. The summed E-state index contributed by atoms with van der Waals surface area (Å²) in [6.45, 7) is 1.66. The van der Waals surface area contributed by atoms with Crippen molar-refractivity contribution < 1.29 is 49.2 Å². The van der Waals surface area contributed by atoms with E-state index < -0.39 is 58.4 Å². The maximum atomic E-state index is 14.3. The second kappa shape index (κ2) is 11.1. The Hall–Kier alpha value is -4.89. The van der Waals surface area contributed by atoms with Crippen molar-refractivity contribution in [3.05, 3.63) is 83.4 Å². The van der Waals surface area contributed by atoms with E-state index in [4.69, 9.17) is 9.26 Å². The number of esters is 1. The summed E-state index contributed by atoms with van der Waals surface area (Å²) in [7, 11) is 0. The maximum Gasteiger partial charge on any atom is 0.417 e. The number of rotatable bonds is 7. The normalized spacial score (nSPS) is 13.0. The molecular formula is C27H17F8N5O3. The number of carbonyl (C=O) groups is 1. The molecule has 0 saturated carbocycles. The SMILES string of the molecule is CCCOC(=O)C(c1cc(-c2ccc(C(F)(F)F)cc2C(F)(F)F)no1)n1cc2nc(-c3cccc(F)c3F)nc-2cn1. The number of ether oxygens (including phenoxy) is 1. The van der Waals surface area contributed by atoms with Gasteiger partial charge in [0.25, 0.3) is 0 Å². The molecule has 2 aliphatic heterocycles. The van der Waals surface area contributed by atoms with Crippen LogP contribution in [0.4, 0.5) is 35.1 Å². The zero-order chi connectivity index (χ0) is 31.1. The molecule has 0 aliphatic carbocycles. The zero-order valence-corrected chi connectivity index (χ0v) is 21.7. The van der Waals surface area contributed by atoms with Crippen LogP contribution >= 0.6 is 0 Å². The number of benzene rings is 2. The van der Waals surface area contributed by atoms with E-state index in [2.05, 4.69) is 20.2 Å². The lowest BCUT2D eigenvalue weighted by molar-refractivity contribution is -0.147. The predicted molar refractivity (Wildman–Crippen MR) is 131 cm³/mol. The quantitative estimate of drug-likeness (QED) is 0.145. The van der Waals surface area contributed by atoms with Gasteiger partial charge in [-0.1, -0.05) is 24.2 Å². The average molecular weight is 611 g/mol. The fraction of sp³-hybridized carbons (Fsp3) is 0.222. The van der Waals surface area contributed by atoms with E-state index in [0.717, 1.165) is 23.0 Å². The fourth-order valence-electron chi connectivity index (χ4n) is 4.14. The lowest BCUT2D eigenvalue weighted by atomic mass is 10.00. The Morgan fingerprint density at radius 2 is 1.70 bits per heavy atom. The van der Waals surface area contributed by atoms with E-state index in [1.807, 2.05) is 0 Å². The minimum Gasteiger partial charge on any atom is -0.464 e. The van der Waals surface area contributed by atoms with Gasteiger partial charge in [-0.05, 0) is 30.7 Å². The van der Waals surface area contributed by atoms with Crippen molar-refractivity contribution in [3.63, 3.8) is 0 Å². The molecule has 3 heterocycles. The fourth-order valence-corrected chi connectivity index (χ4v) is 4.14. The number of alkyl halides is 6. The number of halogens is 8. The summed E-state index contributed by atoms with van der Waals surface area (Å²) >= 11 is 0. The monoisotopic (exact) mass is 611 g/mol. The molecule has 16 heteroatoms. The van der Waals surface area contributed by atoms with Gasteiger partial charge in [0.1, 0.15) is 17.1 Å². The van der Waals surface area contributed by atoms with Gasteiger partial charge < -0.3 is 9.26 Å². The van der Waals surface area contributed by atoms with Crippen LogP contribution in [-0.2, 0) is 21.9 Å². The number of aromatic nitrogens is 5. The van der Waals surface area contributed by atoms with Crippen LogP contribution < -0.4 is 0 Å². The first-order chi connectivity index (χ1) is 20.3. The predicted octanol–water partition coefficient (Wildman–Crippen LogP) is 6.96. The van der Waals surface area contributed by atoms with E-state index in [1.165, 1.54) is 18.3 Å². The Morgan fingerprint density at radius 3 is 2.40 bits per heavy atom. The van der Waals surface area contributed by atoms with Crippen molar-refractivity contribution in [2.24, 2.45) is 0 Å². The van der Waals surface area contributed by atoms with E-state index >= 15 is 0 Å². The number of hydrogen-bond acceptors (Lipinski definition) is 7. The van der Waals surface area contributed by atoms with Gasteiger partial charge >= 0.3 is 18.3 Å².